The molecule has 182 valence electrons. The van der Waals surface area contributed by atoms with E-state index in [1.165, 1.54) is 12.1 Å². The molecule has 8 nitrogen and oxygen atoms in total. The van der Waals surface area contributed by atoms with Gasteiger partial charge >= 0.3 is 12.2 Å². The Morgan fingerprint density at radius 3 is 2.41 bits per heavy atom. The molecule has 3 heterocycles. The Bertz CT molecular complexity index is 1180. The third kappa shape index (κ3) is 5.35. The van der Waals surface area contributed by atoms with Gasteiger partial charge in [-0.3, -0.25) is 0 Å². The minimum absolute atomic E-state index is 0.00254. The van der Waals surface area contributed by atoms with E-state index >= 15 is 0 Å². The van der Waals surface area contributed by atoms with Crippen LogP contribution in [0.3, 0.4) is 0 Å². The lowest BCUT2D eigenvalue weighted by atomic mass is 10.1. The molecule has 1 aromatic carbocycles. The number of hydrogen-bond acceptors (Lipinski definition) is 6. The summed E-state index contributed by atoms with van der Waals surface area (Å²) in [6.45, 7) is 6.50. The fourth-order valence-corrected chi connectivity index (χ4v) is 3.62. The second-order valence-corrected chi connectivity index (χ2v) is 9.15. The summed E-state index contributed by atoms with van der Waals surface area (Å²) in [5.74, 6) is 0.00254. The third-order valence-electron chi connectivity index (χ3n) is 4.97. The molecule has 1 aliphatic rings. The van der Waals surface area contributed by atoms with E-state index in [1.807, 2.05) is 4.90 Å². The van der Waals surface area contributed by atoms with Gasteiger partial charge in [0, 0.05) is 13.1 Å². The van der Waals surface area contributed by atoms with Gasteiger partial charge in [-0.1, -0.05) is 0 Å². The van der Waals surface area contributed by atoms with Crippen LogP contribution in [0.25, 0.3) is 16.7 Å². The first kappa shape index (κ1) is 23.7. The van der Waals surface area contributed by atoms with Crippen molar-refractivity contribution in [1.82, 2.24) is 20.1 Å². The predicted octanol–water partition coefficient (Wildman–Crippen LogP) is 4.59. The van der Waals surface area contributed by atoms with Crippen molar-refractivity contribution >= 4 is 22.8 Å². The molecule has 1 N–H and O–H groups in total. The molecule has 3 aromatic rings. The maximum absolute atomic E-state index is 13.6. The number of pyridine rings is 1. The summed E-state index contributed by atoms with van der Waals surface area (Å²) in [5.41, 5.74) is 1.63. The van der Waals surface area contributed by atoms with Gasteiger partial charge in [-0.25, -0.2) is 18.9 Å². The Morgan fingerprint density at radius 2 is 1.82 bits per heavy atom. The highest BCUT2D eigenvalue weighted by Crippen LogP contribution is 2.33. The minimum Gasteiger partial charge on any atom is -0.444 e. The average molecular weight is 477 g/mol. The second-order valence-electron chi connectivity index (χ2n) is 9.15. The van der Waals surface area contributed by atoms with E-state index in [0.717, 1.165) is 5.69 Å². The largest absolute Gasteiger partial charge is 0.444 e. The van der Waals surface area contributed by atoms with Gasteiger partial charge in [-0.05, 0) is 51.1 Å². The van der Waals surface area contributed by atoms with E-state index in [-0.39, 0.29) is 25.4 Å². The second kappa shape index (κ2) is 8.69. The number of carbonyl (C=O) groups is 1. The van der Waals surface area contributed by atoms with E-state index in [0.29, 0.717) is 29.3 Å². The smallest absolute Gasteiger partial charge is 0.407 e. The average Bonchev–Trinajstić information content (AvgIpc) is 3.07. The van der Waals surface area contributed by atoms with Gasteiger partial charge in [0.2, 0.25) is 0 Å². The number of benzene rings is 1. The number of fused-ring (bicyclic) bond motifs is 1. The molecule has 0 atom stereocenters. The number of aromatic nitrogens is 3. The zero-order chi connectivity index (χ0) is 24.7. The van der Waals surface area contributed by atoms with Crippen molar-refractivity contribution in [1.29, 1.82) is 0 Å². The number of halogens is 3. The first-order chi connectivity index (χ1) is 15.9. The van der Waals surface area contributed by atoms with Crippen molar-refractivity contribution in [3.63, 3.8) is 0 Å². The summed E-state index contributed by atoms with van der Waals surface area (Å²) in [4.78, 5) is 18.5. The van der Waals surface area contributed by atoms with Crippen molar-refractivity contribution in [3.8, 4) is 11.4 Å². The van der Waals surface area contributed by atoms with Crippen molar-refractivity contribution in [2.45, 2.75) is 52.1 Å². The van der Waals surface area contributed by atoms with Gasteiger partial charge in [-0.15, -0.1) is 0 Å². The standard InChI is InChI=1S/C23H26F3N5O3/c1-22(2,3)34-21(32)28-11-17-19-18(30-12-14(24)13-30)9-10-27-20(19)31(29-17)15-5-7-16(8-6-15)33-23(4,25)26/h5-10,14H,11-13H2,1-4H3,(H,28,32). The normalized spacial score (nSPS) is 14.7. The van der Waals surface area contributed by atoms with Crippen LogP contribution < -0.4 is 15.0 Å². The van der Waals surface area contributed by atoms with E-state index in [4.69, 9.17) is 4.74 Å². The van der Waals surface area contributed by atoms with Crippen LogP contribution in [0.1, 0.15) is 33.4 Å². The van der Waals surface area contributed by atoms with Crippen LogP contribution in [0.2, 0.25) is 0 Å². The van der Waals surface area contributed by atoms with Crippen LogP contribution in [-0.2, 0) is 11.3 Å². The predicted molar refractivity (Wildman–Crippen MR) is 120 cm³/mol. The number of hydrogen-bond donors (Lipinski definition) is 1. The fourth-order valence-electron chi connectivity index (χ4n) is 3.62. The molecule has 0 radical (unpaired) electrons. The monoisotopic (exact) mass is 477 g/mol. The number of carbonyl (C=O) groups excluding carboxylic acids is 1. The van der Waals surface area contributed by atoms with Gasteiger partial charge in [0.25, 0.3) is 0 Å². The first-order valence-electron chi connectivity index (χ1n) is 10.8. The highest BCUT2D eigenvalue weighted by Gasteiger charge is 2.30. The van der Waals surface area contributed by atoms with Crippen LogP contribution in [0, 0.1) is 0 Å². The lowest BCUT2D eigenvalue weighted by Gasteiger charge is -2.36. The fraction of sp³-hybridized carbons (Fsp3) is 0.435. The summed E-state index contributed by atoms with van der Waals surface area (Å²) < 4.78 is 51.3. The molecule has 0 aliphatic carbocycles. The molecule has 1 amide bonds. The molecule has 1 aliphatic heterocycles. The molecular formula is C23H26F3N5O3. The lowest BCUT2D eigenvalue weighted by Crippen LogP contribution is -2.48. The Kier molecular flexibility index (Phi) is 6.05. The van der Waals surface area contributed by atoms with E-state index in [1.54, 1.807) is 49.8 Å². The molecule has 1 fully saturated rings. The molecule has 11 heteroatoms. The zero-order valence-corrected chi connectivity index (χ0v) is 19.3. The Morgan fingerprint density at radius 1 is 1.15 bits per heavy atom. The van der Waals surface area contributed by atoms with Crippen molar-refractivity contribution in [2.24, 2.45) is 0 Å². The third-order valence-corrected chi connectivity index (χ3v) is 4.97. The number of amides is 1. The maximum Gasteiger partial charge on any atom is 0.407 e. The maximum atomic E-state index is 13.6. The van der Waals surface area contributed by atoms with Gasteiger partial charge in [0.1, 0.15) is 17.5 Å². The Hall–Kier alpha value is -3.50. The molecule has 0 saturated carbocycles. The number of nitrogens with one attached hydrogen (secondary N) is 1. The van der Waals surface area contributed by atoms with Crippen LogP contribution >= 0.6 is 0 Å². The van der Waals surface area contributed by atoms with E-state index < -0.39 is 24.0 Å². The highest BCUT2D eigenvalue weighted by molar-refractivity contribution is 5.93. The van der Waals surface area contributed by atoms with Gasteiger partial charge in [0.05, 0.1) is 42.1 Å². The summed E-state index contributed by atoms with van der Waals surface area (Å²) >= 11 is 0. The van der Waals surface area contributed by atoms with Crippen LogP contribution in [0.15, 0.2) is 36.5 Å². The van der Waals surface area contributed by atoms with E-state index in [2.05, 4.69) is 20.1 Å². The highest BCUT2D eigenvalue weighted by atomic mass is 19.3. The first-order valence-corrected chi connectivity index (χ1v) is 10.8. The molecule has 4 rings (SSSR count). The van der Waals surface area contributed by atoms with Gasteiger partial charge in [-0.2, -0.15) is 13.9 Å². The molecule has 34 heavy (non-hydrogen) atoms. The summed E-state index contributed by atoms with van der Waals surface area (Å²) in [5, 5.41) is 7.98. The number of nitrogens with zero attached hydrogens (tertiary/aromatic N) is 4. The van der Waals surface area contributed by atoms with Gasteiger partial charge in [0.15, 0.2) is 5.65 Å². The van der Waals surface area contributed by atoms with E-state index in [9.17, 15) is 18.0 Å². The van der Waals surface area contributed by atoms with Crippen molar-refractivity contribution in [2.75, 3.05) is 18.0 Å². The summed E-state index contributed by atoms with van der Waals surface area (Å²) in [7, 11) is 0. The molecule has 0 spiro atoms. The molecular weight excluding hydrogens is 451 g/mol. The number of rotatable bonds is 6. The van der Waals surface area contributed by atoms with Crippen LogP contribution in [-0.4, -0.2) is 51.8 Å². The molecule has 1 saturated heterocycles. The summed E-state index contributed by atoms with van der Waals surface area (Å²) in [6, 6.07) is 7.75. The number of ether oxygens (including phenoxy) is 2. The topological polar surface area (TPSA) is 81.5 Å². The molecule has 0 unspecified atom stereocenters. The number of alkyl carbamates (subject to hydrolysis) is 1. The number of anilines is 1. The molecule has 0 bridgehead atoms. The minimum atomic E-state index is -3.30. The quantitative estimate of drug-likeness (QED) is 0.559. The van der Waals surface area contributed by atoms with Crippen molar-refractivity contribution < 1.29 is 27.4 Å². The number of alkyl halides is 3. The van der Waals surface area contributed by atoms with Crippen molar-refractivity contribution in [3.05, 3.63) is 42.2 Å². The SMILES string of the molecule is CC(C)(C)OC(=O)NCc1nn(-c2ccc(OC(C)(F)F)cc2)c2nccc(N3CC(F)C3)c12. The Balaban J connectivity index is 1.70. The van der Waals surface area contributed by atoms with Crippen LogP contribution in [0.5, 0.6) is 5.75 Å². The van der Waals surface area contributed by atoms with Gasteiger partial charge < -0.3 is 19.7 Å². The zero-order valence-electron chi connectivity index (χ0n) is 19.3. The molecule has 2 aromatic heterocycles. The Labute approximate surface area is 194 Å². The van der Waals surface area contributed by atoms with Crippen LogP contribution in [0.4, 0.5) is 23.7 Å². The summed E-state index contributed by atoms with van der Waals surface area (Å²) in [6.07, 6.45) is -3.22. The lowest BCUT2D eigenvalue weighted by molar-refractivity contribution is -0.158.